The van der Waals surface area contributed by atoms with Crippen LogP contribution in [0.25, 0.3) is 0 Å². The zero-order valence-electron chi connectivity index (χ0n) is 17.4. The summed E-state index contributed by atoms with van der Waals surface area (Å²) in [7, 11) is 3.21. The second-order valence-corrected chi connectivity index (χ2v) is 9.59. The number of ether oxygens (including phenoxy) is 2. The van der Waals surface area contributed by atoms with Crippen molar-refractivity contribution in [2.24, 2.45) is 16.0 Å². The summed E-state index contributed by atoms with van der Waals surface area (Å²) in [6, 6.07) is 5.96. The summed E-state index contributed by atoms with van der Waals surface area (Å²) in [6.07, 6.45) is 3.27. The smallest absolute Gasteiger partial charge is 0.267 e. The van der Waals surface area contributed by atoms with E-state index in [4.69, 9.17) is 14.3 Å². The van der Waals surface area contributed by atoms with Crippen molar-refractivity contribution in [3.05, 3.63) is 23.8 Å². The summed E-state index contributed by atoms with van der Waals surface area (Å²) in [6.45, 7) is 7.77. The molecule has 3 atom stereocenters. The molecule has 1 aromatic carbocycles. The van der Waals surface area contributed by atoms with E-state index in [1.54, 1.807) is 14.2 Å². The maximum absolute atomic E-state index is 13.2. The lowest BCUT2D eigenvalue weighted by Crippen LogP contribution is -2.43. The number of oxime groups is 1. The van der Waals surface area contributed by atoms with Crippen molar-refractivity contribution >= 4 is 11.6 Å². The average molecular weight is 386 g/mol. The summed E-state index contributed by atoms with van der Waals surface area (Å²) >= 11 is 0. The molecule has 6 nitrogen and oxygen atoms in total. The maximum atomic E-state index is 13.2. The van der Waals surface area contributed by atoms with Crippen LogP contribution in [0.5, 0.6) is 11.5 Å². The number of methoxy groups -OCH3 is 2. The molecule has 1 saturated heterocycles. The zero-order valence-corrected chi connectivity index (χ0v) is 17.4. The minimum atomic E-state index is -0.533. The van der Waals surface area contributed by atoms with Gasteiger partial charge in [-0.3, -0.25) is 4.79 Å². The van der Waals surface area contributed by atoms with E-state index in [2.05, 4.69) is 30.8 Å². The predicted octanol–water partition coefficient (Wildman–Crippen LogP) is 3.62. The number of likely N-dealkylation sites (tertiary alicyclic amines) is 1. The van der Waals surface area contributed by atoms with Crippen molar-refractivity contribution in [2.75, 3.05) is 20.8 Å². The molecule has 152 valence electrons. The van der Waals surface area contributed by atoms with Gasteiger partial charge in [0.15, 0.2) is 11.5 Å². The molecule has 2 heterocycles. The molecule has 2 aliphatic heterocycles. The number of carbonyl (C=O) groups is 1. The summed E-state index contributed by atoms with van der Waals surface area (Å²) in [5.74, 6) is 1.38. The van der Waals surface area contributed by atoms with E-state index in [-0.39, 0.29) is 16.7 Å². The molecule has 0 spiro atoms. The number of rotatable bonds is 4. The van der Waals surface area contributed by atoms with Gasteiger partial charge in [-0.05, 0) is 48.3 Å². The lowest BCUT2D eigenvalue weighted by atomic mass is 9.65. The number of hydrogen-bond acceptors (Lipinski definition) is 5. The Bertz CT molecular complexity index is 819. The number of hydrogen-bond donors (Lipinski definition) is 0. The van der Waals surface area contributed by atoms with Gasteiger partial charge in [0.1, 0.15) is 0 Å². The highest BCUT2D eigenvalue weighted by Crippen LogP contribution is 2.52. The van der Waals surface area contributed by atoms with E-state index in [0.29, 0.717) is 24.0 Å². The average Bonchev–Trinajstić information content (AvgIpc) is 3.22. The van der Waals surface area contributed by atoms with Gasteiger partial charge in [-0.1, -0.05) is 25.9 Å². The van der Waals surface area contributed by atoms with Crippen LogP contribution in [0.4, 0.5) is 0 Å². The first-order chi connectivity index (χ1) is 13.2. The normalized spacial score (nSPS) is 30.6. The molecule has 0 aromatic heterocycles. The van der Waals surface area contributed by atoms with E-state index in [1.165, 1.54) is 6.42 Å². The van der Waals surface area contributed by atoms with Gasteiger partial charge in [0.05, 0.1) is 19.9 Å². The minimum absolute atomic E-state index is 0.0747. The summed E-state index contributed by atoms with van der Waals surface area (Å²) in [5, 5.41) is 4.21. The van der Waals surface area contributed by atoms with Crippen LogP contribution >= 0.6 is 0 Å². The molecule has 2 bridgehead atoms. The van der Waals surface area contributed by atoms with Crippen LogP contribution in [-0.4, -0.2) is 49.4 Å². The van der Waals surface area contributed by atoms with E-state index in [9.17, 15) is 4.79 Å². The van der Waals surface area contributed by atoms with Crippen molar-refractivity contribution in [3.63, 3.8) is 0 Å². The number of amides is 1. The Morgan fingerprint density at radius 3 is 2.64 bits per heavy atom. The second kappa shape index (κ2) is 6.68. The van der Waals surface area contributed by atoms with E-state index >= 15 is 0 Å². The minimum Gasteiger partial charge on any atom is -0.493 e. The topological polar surface area (TPSA) is 60.4 Å². The molecule has 1 aliphatic carbocycles. The van der Waals surface area contributed by atoms with Crippen LogP contribution in [0.15, 0.2) is 23.4 Å². The second-order valence-electron chi connectivity index (χ2n) is 9.59. The van der Waals surface area contributed by atoms with Crippen molar-refractivity contribution in [1.29, 1.82) is 0 Å². The Balaban J connectivity index is 1.46. The van der Waals surface area contributed by atoms with Crippen LogP contribution in [0.2, 0.25) is 0 Å². The molecule has 1 saturated carbocycles. The molecule has 2 fully saturated rings. The van der Waals surface area contributed by atoms with Gasteiger partial charge in [0.2, 0.25) is 6.10 Å². The first-order valence-corrected chi connectivity index (χ1v) is 9.99. The Kier molecular flexibility index (Phi) is 4.55. The summed E-state index contributed by atoms with van der Waals surface area (Å²) in [4.78, 5) is 20.9. The van der Waals surface area contributed by atoms with Crippen LogP contribution < -0.4 is 9.47 Å². The molecule has 4 rings (SSSR count). The van der Waals surface area contributed by atoms with Gasteiger partial charge in [-0.25, -0.2) is 0 Å². The number of benzene rings is 1. The van der Waals surface area contributed by atoms with Crippen LogP contribution in [0.1, 0.15) is 52.0 Å². The molecule has 0 radical (unpaired) electrons. The lowest BCUT2D eigenvalue weighted by Gasteiger charge is -2.39. The highest BCUT2D eigenvalue weighted by molar-refractivity contribution is 6.04. The fourth-order valence-electron chi connectivity index (χ4n) is 5.60. The highest BCUT2D eigenvalue weighted by Gasteiger charge is 2.52. The summed E-state index contributed by atoms with van der Waals surface area (Å²) in [5.41, 5.74) is 2.16. The first kappa shape index (κ1) is 19.1. The number of carbonyl (C=O) groups excluding carboxylic acids is 1. The molecule has 28 heavy (non-hydrogen) atoms. The number of nitrogens with zero attached hydrogens (tertiary/aromatic N) is 2. The molecule has 0 N–H and O–H groups in total. The third-order valence-electron chi connectivity index (χ3n) is 6.36. The molecule has 1 aromatic rings. The first-order valence-electron chi connectivity index (χ1n) is 9.99. The standard InChI is InChI=1S/C22H30N2O4/c1-21(2)10-15-11-22(3,12-21)13-24(15)20(25)19-9-16(23-28-19)14-6-7-17(26-4)18(8-14)27-5/h6-8,15,19H,9-13H2,1-5H3/t15-,19-,22+/m1/s1. The maximum Gasteiger partial charge on any atom is 0.267 e. The Labute approximate surface area is 166 Å². The number of fused-ring (bicyclic) bond motifs is 2. The van der Waals surface area contributed by atoms with Gasteiger partial charge in [-0.2, -0.15) is 0 Å². The van der Waals surface area contributed by atoms with Gasteiger partial charge in [0, 0.05) is 24.6 Å². The Hall–Kier alpha value is -2.24. The van der Waals surface area contributed by atoms with E-state index in [0.717, 1.165) is 30.7 Å². The monoisotopic (exact) mass is 386 g/mol. The molecule has 3 aliphatic rings. The summed E-state index contributed by atoms with van der Waals surface area (Å²) < 4.78 is 10.7. The largest absolute Gasteiger partial charge is 0.493 e. The quantitative estimate of drug-likeness (QED) is 0.793. The van der Waals surface area contributed by atoms with Crippen LogP contribution in [0, 0.1) is 10.8 Å². The van der Waals surface area contributed by atoms with E-state index < -0.39 is 6.10 Å². The lowest BCUT2D eigenvalue weighted by molar-refractivity contribution is -0.143. The molecular weight excluding hydrogens is 356 g/mol. The van der Waals surface area contributed by atoms with Gasteiger partial charge >= 0.3 is 0 Å². The predicted molar refractivity (Wildman–Crippen MR) is 107 cm³/mol. The van der Waals surface area contributed by atoms with Gasteiger partial charge in [-0.15, -0.1) is 0 Å². The van der Waals surface area contributed by atoms with E-state index in [1.807, 2.05) is 18.2 Å². The highest BCUT2D eigenvalue weighted by atomic mass is 16.6. The fourth-order valence-corrected chi connectivity index (χ4v) is 5.60. The SMILES string of the molecule is COc1ccc(C2=NO[C@@H](C(=O)N3C[C@@]4(C)C[C@H]3CC(C)(C)C4)C2)cc1OC. The van der Waals surface area contributed by atoms with Crippen molar-refractivity contribution in [2.45, 2.75) is 58.6 Å². The molecule has 1 amide bonds. The zero-order chi connectivity index (χ0) is 20.1. The van der Waals surface area contributed by atoms with Gasteiger partial charge in [0.25, 0.3) is 5.91 Å². The molecule has 0 unspecified atom stereocenters. The molecule has 6 heteroatoms. The van der Waals surface area contributed by atoms with Crippen molar-refractivity contribution in [1.82, 2.24) is 4.90 Å². The third-order valence-corrected chi connectivity index (χ3v) is 6.36. The van der Waals surface area contributed by atoms with Crippen molar-refractivity contribution < 1.29 is 19.1 Å². The van der Waals surface area contributed by atoms with Crippen molar-refractivity contribution in [3.8, 4) is 11.5 Å². The Morgan fingerprint density at radius 1 is 1.18 bits per heavy atom. The third kappa shape index (κ3) is 3.33. The van der Waals surface area contributed by atoms with Gasteiger partial charge < -0.3 is 19.2 Å². The van der Waals surface area contributed by atoms with Crippen LogP contribution in [-0.2, 0) is 9.63 Å². The Morgan fingerprint density at radius 2 is 1.93 bits per heavy atom. The fraction of sp³-hybridized carbons (Fsp3) is 0.636. The molecular formula is C22H30N2O4. The van der Waals surface area contributed by atoms with Crippen LogP contribution in [0.3, 0.4) is 0 Å².